The summed E-state index contributed by atoms with van der Waals surface area (Å²) in [6.45, 7) is 1.39. The Morgan fingerprint density at radius 3 is 2.71 bits per heavy atom. The van der Waals surface area contributed by atoms with E-state index in [9.17, 15) is 4.79 Å². The molecule has 0 atom stereocenters. The monoisotopic (exact) mass is 363 g/mol. The van der Waals surface area contributed by atoms with Gasteiger partial charge in [0.2, 0.25) is 0 Å². The van der Waals surface area contributed by atoms with E-state index in [4.69, 9.17) is 11.6 Å². The average molecular weight is 364 g/mol. The summed E-state index contributed by atoms with van der Waals surface area (Å²) in [6, 6.07) is 13.2. The van der Waals surface area contributed by atoms with Crippen LogP contribution in [-0.4, -0.2) is 43.0 Å². The van der Waals surface area contributed by atoms with Crippen molar-refractivity contribution in [1.29, 1.82) is 0 Å². The van der Waals surface area contributed by atoms with E-state index in [1.54, 1.807) is 6.07 Å². The van der Waals surface area contributed by atoms with Gasteiger partial charge in [-0.25, -0.2) is 4.98 Å². The topological polar surface area (TPSA) is 45.2 Å². The molecule has 6 heteroatoms. The predicted octanol–water partition coefficient (Wildman–Crippen LogP) is 3.75. The van der Waals surface area contributed by atoms with Crippen LogP contribution in [0, 0.1) is 0 Å². The van der Waals surface area contributed by atoms with E-state index in [-0.39, 0.29) is 18.3 Å². The maximum absolute atomic E-state index is 12.4. The summed E-state index contributed by atoms with van der Waals surface area (Å²) in [7, 11) is 3.95. The Morgan fingerprint density at radius 2 is 1.96 bits per heavy atom. The maximum Gasteiger partial charge on any atom is 0.253 e. The van der Waals surface area contributed by atoms with Gasteiger partial charge in [0.05, 0.1) is 16.6 Å². The van der Waals surface area contributed by atoms with Crippen molar-refractivity contribution in [3.63, 3.8) is 0 Å². The molecule has 24 heavy (non-hydrogen) atoms. The molecule has 0 saturated heterocycles. The first kappa shape index (κ1) is 18.5. The van der Waals surface area contributed by atoms with Crippen molar-refractivity contribution in [2.24, 2.45) is 0 Å². The largest absolute Gasteiger partial charge is 0.351 e. The van der Waals surface area contributed by atoms with Gasteiger partial charge in [-0.1, -0.05) is 29.8 Å². The van der Waals surface area contributed by atoms with Gasteiger partial charge in [-0.2, -0.15) is 0 Å². The molecule has 3 aromatic rings. The number of benzene rings is 2. The number of likely N-dealkylation sites (N-methyl/N-ethyl adjacent to an activating group) is 1. The molecule has 126 valence electrons. The van der Waals surface area contributed by atoms with Crippen LogP contribution in [0.1, 0.15) is 10.4 Å². The number of fused-ring (bicyclic) bond motifs is 2. The number of para-hydroxylation sites is 1. The summed E-state index contributed by atoms with van der Waals surface area (Å²) < 4.78 is 0. The summed E-state index contributed by atoms with van der Waals surface area (Å²) >= 11 is 6.23. The number of carbonyl (C=O) groups is 1. The van der Waals surface area contributed by atoms with Crippen LogP contribution in [0.15, 0.2) is 42.5 Å². The fraction of sp³-hybridized carbons (Fsp3) is 0.222. The molecule has 0 radical (unpaired) electrons. The van der Waals surface area contributed by atoms with Crippen molar-refractivity contribution in [2.75, 3.05) is 27.2 Å². The maximum atomic E-state index is 12.4. The van der Waals surface area contributed by atoms with Crippen LogP contribution >= 0.6 is 24.0 Å². The number of carbonyl (C=O) groups excluding carboxylic acids is 1. The van der Waals surface area contributed by atoms with Gasteiger partial charge >= 0.3 is 0 Å². The third-order valence-corrected chi connectivity index (χ3v) is 4.05. The molecule has 1 amide bonds. The molecular weight excluding hydrogens is 345 g/mol. The number of halogens is 2. The molecule has 0 aliphatic rings. The predicted molar refractivity (Wildman–Crippen MR) is 102 cm³/mol. The van der Waals surface area contributed by atoms with E-state index in [0.29, 0.717) is 22.6 Å². The fourth-order valence-corrected chi connectivity index (χ4v) is 2.74. The molecule has 1 N–H and O–H groups in total. The normalized spacial score (nSPS) is 10.8. The Hall–Kier alpha value is -1.88. The van der Waals surface area contributed by atoms with Gasteiger partial charge in [0, 0.05) is 28.9 Å². The Labute approximate surface area is 152 Å². The number of aromatic nitrogens is 1. The first-order valence-electron chi connectivity index (χ1n) is 7.47. The number of hydrogen-bond donors (Lipinski definition) is 1. The lowest BCUT2D eigenvalue weighted by Crippen LogP contribution is -2.31. The summed E-state index contributed by atoms with van der Waals surface area (Å²) in [4.78, 5) is 19.1. The van der Waals surface area contributed by atoms with Crippen molar-refractivity contribution in [3.8, 4) is 0 Å². The second kappa shape index (κ2) is 7.79. The molecule has 2 aromatic carbocycles. The molecule has 0 fully saturated rings. The van der Waals surface area contributed by atoms with Crippen molar-refractivity contribution < 1.29 is 4.79 Å². The van der Waals surface area contributed by atoms with E-state index >= 15 is 0 Å². The number of nitrogens with zero attached hydrogens (tertiary/aromatic N) is 2. The molecule has 4 nitrogen and oxygen atoms in total. The summed E-state index contributed by atoms with van der Waals surface area (Å²) in [5.41, 5.74) is 2.08. The van der Waals surface area contributed by atoms with Crippen molar-refractivity contribution in [1.82, 2.24) is 15.2 Å². The number of hydrogen-bond acceptors (Lipinski definition) is 3. The summed E-state index contributed by atoms with van der Waals surface area (Å²) in [6.07, 6.45) is 0. The second-order valence-corrected chi connectivity index (χ2v) is 6.14. The van der Waals surface area contributed by atoms with E-state index in [2.05, 4.69) is 10.3 Å². The third-order valence-electron chi connectivity index (χ3n) is 3.72. The second-order valence-electron chi connectivity index (χ2n) is 5.73. The fourth-order valence-electron chi connectivity index (χ4n) is 2.52. The quantitative estimate of drug-likeness (QED) is 0.717. The first-order chi connectivity index (χ1) is 11.1. The van der Waals surface area contributed by atoms with Crippen LogP contribution in [-0.2, 0) is 0 Å². The standard InChI is InChI=1S/C18H18ClN3O.ClH/c1-22(2)10-9-20-18(23)13-6-3-5-12-11-14-15(19)7-4-8-16(14)21-17(12)13;/h3-8,11H,9-10H2,1-2H3,(H,20,23);1H. The Bertz CT molecular complexity index is 881. The zero-order valence-electron chi connectivity index (χ0n) is 13.5. The lowest BCUT2D eigenvalue weighted by atomic mass is 10.1. The van der Waals surface area contributed by atoms with Crippen LogP contribution in [0.4, 0.5) is 0 Å². The van der Waals surface area contributed by atoms with Gasteiger partial charge in [0.1, 0.15) is 0 Å². The van der Waals surface area contributed by atoms with Gasteiger partial charge in [-0.05, 0) is 38.4 Å². The van der Waals surface area contributed by atoms with E-state index in [0.717, 1.165) is 22.8 Å². The number of nitrogens with one attached hydrogen (secondary N) is 1. The third kappa shape index (κ3) is 3.78. The molecule has 3 rings (SSSR count). The molecule has 0 bridgehead atoms. The number of amides is 1. The van der Waals surface area contributed by atoms with Crippen molar-refractivity contribution in [3.05, 3.63) is 53.1 Å². The highest BCUT2D eigenvalue weighted by Gasteiger charge is 2.12. The minimum atomic E-state index is -0.105. The van der Waals surface area contributed by atoms with Gasteiger partial charge in [0.25, 0.3) is 5.91 Å². The van der Waals surface area contributed by atoms with Gasteiger partial charge < -0.3 is 10.2 Å². The van der Waals surface area contributed by atoms with Crippen molar-refractivity contribution in [2.45, 2.75) is 0 Å². The molecule has 0 aliphatic carbocycles. The molecule has 0 spiro atoms. The van der Waals surface area contributed by atoms with Crippen LogP contribution < -0.4 is 5.32 Å². The smallest absolute Gasteiger partial charge is 0.253 e. The Balaban J connectivity index is 0.00000208. The van der Waals surface area contributed by atoms with Gasteiger partial charge in [0.15, 0.2) is 0 Å². The van der Waals surface area contributed by atoms with Crippen LogP contribution in [0.25, 0.3) is 21.8 Å². The minimum Gasteiger partial charge on any atom is -0.351 e. The molecule has 0 aliphatic heterocycles. The molecular formula is C18H19Cl2N3O. The lowest BCUT2D eigenvalue weighted by molar-refractivity contribution is 0.0952. The zero-order chi connectivity index (χ0) is 16.4. The van der Waals surface area contributed by atoms with E-state index < -0.39 is 0 Å². The lowest BCUT2D eigenvalue weighted by Gasteiger charge is -2.11. The number of pyridine rings is 1. The summed E-state index contributed by atoms with van der Waals surface area (Å²) in [5, 5.41) is 5.40. The summed E-state index contributed by atoms with van der Waals surface area (Å²) in [5.74, 6) is -0.105. The molecule has 1 heterocycles. The van der Waals surface area contributed by atoms with Gasteiger partial charge in [-0.15, -0.1) is 12.4 Å². The average Bonchev–Trinajstić information content (AvgIpc) is 2.52. The molecule has 0 unspecified atom stereocenters. The highest BCUT2D eigenvalue weighted by atomic mass is 35.5. The molecule has 1 aromatic heterocycles. The van der Waals surface area contributed by atoms with Gasteiger partial charge in [-0.3, -0.25) is 4.79 Å². The Kier molecular flexibility index (Phi) is 5.99. The minimum absolute atomic E-state index is 0. The van der Waals surface area contributed by atoms with E-state index in [1.807, 2.05) is 55.4 Å². The first-order valence-corrected chi connectivity index (χ1v) is 7.85. The zero-order valence-corrected chi connectivity index (χ0v) is 15.1. The SMILES string of the molecule is CN(C)CCNC(=O)c1cccc2cc3c(Cl)cccc3nc12.Cl. The van der Waals surface area contributed by atoms with E-state index in [1.165, 1.54) is 0 Å². The van der Waals surface area contributed by atoms with Crippen molar-refractivity contribution >= 4 is 51.7 Å². The highest BCUT2D eigenvalue weighted by molar-refractivity contribution is 6.35. The Morgan fingerprint density at radius 1 is 1.21 bits per heavy atom. The van der Waals surface area contributed by atoms with Crippen LogP contribution in [0.2, 0.25) is 5.02 Å². The number of rotatable bonds is 4. The molecule has 0 saturated carbocycles. The van der Waals surface area contributed by atoms with Crippen LogP contribution in [0.5, 0.6) is 0 Å². The highest BCUT2D eigenvalue weighted by Crippen LogP contribution is 2.27. The van der Waals surface area contributed by atoms with Crippen LogP contribution in [0.3, 0.4) is 0 Å².